The van der Waals surface area contributed by atoms with Gasteiger partial charge in [0.15, 0.2) is 5.82 Å². The third-order valence-electron chi connectivity index (χ3n) is 5.77. The topological polar surface area (TPSA) is 42.7 Å². The van der Waals surface area contributed by atoms with E-state index in [1.165, 1.54) is 0 Å². The molecule has 5 heteroatoms. The molecule has 0 amide bonds. The highest BCUT2D eigenvalue weighted by Crippen LogP contribution is 2.43. The van der Waals surface area contributed by atoms with E-state index in [9.17, 15) is 0 Å². The van der Waals surface area contributed by atoms with Crippen molar-refractivity contribution in [3.8, 4) is 0 Å². The molecule has 0 saturated heterocycles. The minimum absolute atomic E-state index is 0. The van der Waals surface area contributed by atoms with Gasteiger partial charge in [0.1, 0.15) is 10.7 Å². The van der Waals surface area contributed by atoms with E-state index in [-0.39, 0.29) is 7.43 Å². The Morgan fingerprint density at radius 2 is 1.30 bits per heavy atom. The molecule has 0 atom stereocenters. The maximum Gasteiger partial charge on any atom is 0.157 e. The van der Waals surface area contributed by atoms with Crippen molar-refractivity contribution in [3.05, 3.63) is 125 Å². The van der Waals surface area contributed by atoms with Crippen LogP contribution in [0.1, 0.15) is 31.0 Å². The molecule has 0 aliphatic carbocycles. The zero-order valence-corrected chi connectivity index (χ0v) is 18.5. The molecule has 5 aromatic rings. The summed E-state index contributed by atoms with van der Waals surface area (Å²) >= 11 is 6.39. The molecule has 0 saturated carbocycles. The van der Waals surface area contributed by atoms with Crippen LogP contribution in [0, 0.1) is 0 Å². The lowest BCUT2D eigenvalue weighted by Gasteiger charge is -2.37. The van der Waals surface area contributed by atoms with Crippen molar-refractivity contribution in [3.63, 3.8) is 0 Å². The Bertz CT molecular complexity index is 1240. The van der Waals surface area contributed by atoms with Gasteiger partial charge in [-0.25, -0.2) is 9.67 Å². The first-order valence-corrected chi connectivity index (χ1v) is 11.1. The summed E-state index contributed by atoms with van der Waals surface area (Å²) in [4.78, 5) is 4.34. The van der Waals surface area contributed by atoms with Crippen LogP contribution in [-0.2, 0) is 5.54 Å². The Morgan fingerprint density at radius 3 is 1.76 bits per heavy atom. The van der Waals surface area contributed by atoms with Crippen molar-refractivity contribution in [2.75, 3.05) is 11.9 Å². The second kappa shape index (κ2) is 9.47. The fraction of sp³-hybridized carbons (Fsp3) is 0.143. The van der Waals surface area contributed by atoms with Gasteiger partial charge in [-0.2, -0.15) is 5.10 Å². The van der Waals surface area contributed by atoms with Crippen LogP contribution in [0.5, 0.6) is 0 Å². The number of hydrogen-bond acceptors (Lipinski definition) is 3. The number of benzene rings is 3. The maximum absolute atomic E-state index is 6.39. The molecule has 1 N–H and O–H groups in total. The van der Waals surface area contributed by atoms with E-state index in [0.717, 1.165) is 40.0 Å². The summed E-state index contributed by atoms with van der Waals surface area (Å²) in [7, 11) is 0. The molecule has 33 heavy (non-hydrogen) atoms. The highest BCUT2D eigenvalue weighted by molar-refractivity contribution is 6.30. The van der Waals surface area contributed by atoms with Crippen LogP contribution in [0.3, 0.4) is 0 Å². The Morgan fingerprint density at radius 1 is 0.818 bits per heavy atom. The lowest BCUT2D eigenvalue weighted by Crippen LogP contribution is -2.38. The Hall–Kier alpha value is -3.63. The number of hydrogen-bond donors (Lipinski definition) is 1. The maximum atomic E-state index is 6.39. The SMILES string of the molecule is C.CCNc1nn(C(c2ccccc2)(c2ccccc2)c2ccccc2)c2cc(Cl)ncc12. The summed E-state index contributed by atoms with van der Waals surface area (Å²) in [6, 6.07) is 33.4. The first-order valence-electron chi connectivity index (χ1n) is 10.7. The molecule has 0 bridgehead atoms. The average Bonchev–Trinajstić information content (AvgIpc) is 3.20. The zero-order chi connectivity index (χ0) is 22.0. The highest BCUT2D eigenvalue weighted by Gasteiger charge is 2.40. The minimum Gasteiger partial charge on any atom is -0.368 e. The molecule has 4 nitrogen and oxygen atoms in total. The first kappa shape index (κ1) is 22.6. The molecule has 5 rings (SSSR count). The third kappa shape index (κ3) is 3.77. The second-order valence-corrected chi connectivity index (χ2v) is 8.01. The van der Waals surface area contributed by atoms with Crippen LogP contribution >= 0.6 is 11.6 Å². The predicted octanol–water partition coefficient (Wildman–Crippen LogP) is 6.99. The molecule has 0 spiro atoms. The average molecular weight is 455 g/mol. The quantitative estimate of drug-likeness (QED) is 0.222. The molecule has 0 fully saturated rings. The van der Waals surface area contributed by atoms with E-state index < -0.39 is 5.54 Å². The molecule has 0 aliphatic rings. The predicted molar refractivity (Wildman–Crippen MR) is 138 cm³/mol. The summed E-state index contributed by atoms with van der Waals surface area (Å²) in [6.07, 6.45) is 1.80. The van der Waals surface area contributed by atoms with Gasteiger partial charge in [0, 0.05) is 18.8 Å². The van der Waals surface area contributed by atoms with Crippen molar-refractivity contribution >= 4 is 28.3 Å². The Balaban J connectivity index is 0.00000259. The zero-order valence-electron chi connectivity index (χ0n) is 17.7. The van der Waals surface area contributed by atoms with Crippen molar-refractivity contribution in [2.45, 2.75) is 19.9 Å². The number of nitrogens with zero attached hydrogens (tertiary/aromatic N) is 3. The van der Waals surface area contributed by atoms with Crippen LogP contribution in [0.4, 0.5) is 5.82 Å². The molecular formula is C28H27ClN4. The summed E-state index contributed by atoms with van der Waals surface area (Å²) < 4.78 is 2.09. The summed E-state index contributed by atoms with van der Waals surface area (Å²) in [5, 5.41) is 9.90. The van der Waals surface area contributed by atoms with E-state index in [2.05, 4.69) is 94.7 Å². The molecular weight excluding hydrogens is 428 g/mol. The summed E-state index contributed by atoms with van der Waals surface area (Å²) in [5.41, 5.74) is 3.53. The molecule has 3 aromatic carbocycles. The lowest BCUT2D eigenvalue weighted by molar-refractivity contribution is 0.477. The number of anilines is 1. The monoisotopic (exact) mass is 454 g/mol. The van der Waals surface area contributed by atoms with Gasteiger partial charge in [0.2, 0.25) is 0 Å². The van der Waals surface area contributed by atoms with Gasteiger partial charge in [-0.15, -0.1) is 0 Å². The first-order chi connectivity index (χ1) is 15.7. The fourth-order valence-electron chi connectivity index (χ4n) is 4.44. The number of rotatable bonds is 6. The standard InChI is InChI=1S/C27H23ClN4.CH4/c1-2-29-26-23-19-30-25(28)18-24(23)32(31-26)27(20-12-6-3-7-13-20,21-14-8-4-9-15-21)22-16-10-5-11-17-22;/h3-19H,2H2,1H3,(H,29,31);1H4. The van der Waals surface area contributed by atoms with E-state index in [0.29, 0.717) is 5.15 Å². The molecule has 0 radical (unpaired) electrons. The van der Waals surface area contributed by atoms with E-state index in [1.54, 1.807) is 6.20 Å². The van der Waals surface area contributed by atoms with Gasteiger partial charge in [-0.1, -0.05) is 110 Å². The van der Waals surface area contributed by atoms with Crippen LogP contribution in [0.25, 0.3) is 10.9 Å². The highest BCUT2D eigenvalue weighted by atomic mass is 35.5. The number of fused-ring (bicyclic) bond motifs is 1. The molecule has 2 aromatic heterocycles. The number of halogens is 1. The van der Waals surface area contributed by atoms with Gasteiger partial charge in [-0.05, 0) is 23.6 Å². The van der Waals surface area contributed by atoms with E-state index in [4.69, 9.17) is 16.7 Å². The molecule has 2 heterocycles. The minimum atomic E-state index is -0.708. The molecule has 0 unspecified atom stereocenters. The van der Waals surface area contributed by atoms with Gasteiger partial charge in [0.25, 0.3) is 0 Å². The van der Waals surface area contributed by atoms with Gasteiger partial charge in [-0.3, -0.25) is 0 Å². The van der Waals surface area contributed by atoms with Crippen molar-refractivity contribution in [1.29, 1.82) is 0 Å². The van der Waals surface area contributed by atoms with Gasteiger partial charge in [0.05, 0.1) is 10.9 Å². The Labute approximate surface area is 199 Å². The Kier molecular flexibility index (Phi) is 6.47. The van der Waals surface area contributed by atoms with Crippen LogP contribution in [0.2, 0.25) is 5.15 Å². The fourth-order valence-corrected chi connectivity index (χ4v) is 4.60. The van der Waals surface area contributed by atoms with Crippen LogP contribution in [-0.4, -0.2) is 21.3 Å². The molecule has 0 aliphatic heterocycles. The number of nitrogens with one attached hydrogen (secondary N) is 1. The normalized spacial score (nSPS) is 11.2. The second-order valence-electron chi connectivity index (χ2n) is 7.62. The van der Waals surface area contributed by atoms with Crippen molar-refractivity contribution < 1.29 is 0 Å². The van der Waals surface area contributed by atoms with Crippen molar-refractivity contribution in [2.24, 2.45) is 0 Å². The van der Waals surface area contributed by atoms with Crippen LogP contribution in [0.15, 0.2) is 103 Å². The summed E-state index contributed by atoms with van der Waals surface area (Å²) in [6.45, 7) is 2.82. The third-order valence-corrected chi connectivity index (χ3v) is 5.98. The largest absolute Gasteiger partial charge is 0.368 e. The van der Waals surface area contributed by atoms with E-state index in [1.807, 2.05) is 24.3 Å². The van der Waals surface area contributed by atoms with E-state index >= 15 is 0 Å². The van der Waals surface area contributed by atoms with Crippen LogP contribution < -0.4 is 5.32 Å². The molecule has 166 valence electrons. The lowest BCUT2D eigenvalue weighted by atomic mass is 9.77. The van der Waals surface area contributed by atoms with Crippen molar-refractivity contribution in [1.82, 2.24) is 14.8 Å². The van der Waals surface area contributed by atoms with Gasteiger partial charge < -0.3 is 5.32 Å². The van der Waals surface area contributed by atoms with Gasteiger partial charge >= 0.3 is 0 Å². The number of pyridine rings is 1. The smallest absolute Gasteiger partial charge is 0.157 e. The number of aromatic nitrogens is 3. The summed E-state index contributed by atoms with van der Waals surface area (Å²) in [5.74, 6) is 0.791.